The molecule has 3 rings (SSSR count). The maximum Gasteiger partial charge on any atom is 0.249 e. The quantitative estimate of drug-likeness (QED) is 0.641. The molecule has 19 heavy (non-hydrogen) atoms. The summed E-state index contributed by atoms with van der Waals surface area (Å²) in [5.41, 5.74) is 4.43. The normalized spacial score (nSPS) is 10.6. The molecule has 3 heteroatoms. The third-order valence-electron chi connectivity index (χ3n) is 3.14. The third-order valence-corrected chi connectivity index (χ3v) is 3.14. The first-order valence-electron chi connectivity index (χ1n) is 6.32. The van der Waals surface area contributed by atoms with Gasteiger partial charge in [-0.1, -0.05) is 48.0 Å². The number of benzene rings is 2. The highest BCUT2D eigenvalue weighted by Gasteiger charge is 2.16. The van der Waals surface area contributed by atoms with E-state index in [-0.39, 0.29) is 0 Å². The first-order chi connectivity index (χ1) is 9.24. The van der Waals surface area contributed by atoms with E-state index in [1.807, 2.05) is 53.1 Å². The molecule has 2 aromatic carbocycles. The highest BCUT2D eigenvalue weighted by molar-refractivity contribution is 5.57. The summed E-state index contributed by atoms with van der Waals surface area (Å²) in [6, 6.07) is 18.6. The van der Waals surface area contributed by atoms with Crippen LogP contribution in [0.5, 0.6) is 0 Å². The van der Waals surface area contributed by atoms with E-state index < -0.39 is 0 Å². The van der Waals surface area contributed by atoms with Gasteiger partial charge in [-0.05, 0) is 23.9 Å². The van der Waals surface area contributed by atoms with Crippen molar-refractivity contribution in [1.29, 1.82) is 0 Å². The number of hydrogen-bond donors (Lipinski definition) is 0. The van der Waals surface area contributed by atoms with Crippen LogP contribution in [-0.2, 0) is 7.05 Å². The summed E-state index contributed by atoms with van der Waals surface area (Å²) in [5.74, 6) is 0. The average Bonchev–Trinajstić information content (AvgIpc) is 2.83. The smallest absolute Gasteiger partial charge is 0.158 e. The molecule has 0 saturated heterocycles. The van der Waals surface area contributed by atoms with Crippen LogP contribution in [-0.4, -0.2) is 9.90 Å². The van der Waals surface area contributed by atoms with E-state index >= 15 is 0 Å². The summed E-state index contributed by atoms with van der Waals surface area (Å²) in [6.07, 6.45) is 2.04. The minimum absolute atomic E-state index is 0.978. The van der Waals surface area contributed by atoms with Crippen LogP contribution in [0.3, 0.4) is 0 Å². The molecule has 1 aromatic heterocycles. The van der Waals surface area contributed by atoms with E-state index in [1.54, 1.807) is 0 Å². The molecule has 94 valence electrons. The summed E-state index contributed by atoms with van der Waals surface area (Å²) >= 11 is 0. The van der Waals surface area contributed by atoms with Crippen LogP contribution < -0.4 is 4.68 Å². The van der Waals surface area contributed by atoms with Crippen molar-refractivity contribution in [2.24, 2.45) is 7.05 Å². The molecule has 0 aliphatic heterocycles. The van der Waals surface area contributed by atoms with Gasteiger partial charge in [-0.2, -0.15) is 4.68 Å². The Morgan fingerprint density at radius 1 is 0.947 bits per heavy atom. The Morgan fingerprint density at radius 2 is 1.63 bits per heavy atom. The van der Waals surface area contributed by atoms with Gasteiger partial charge in [-0.25, -0.2) is 0 Å². The lowest BCUT2D eigenvalue weighted by Gasteiger charge is -1.95. The van der Waals surface area contributed by atoms with Gasteiger partial charge < -0.3 is 0 Å². The van der Waals surface area contributed by atoms with Crippen molar-refractivity contribution < 1.29 is 4.68 Å². The molecule has 0 fully saturated rings. The predicted octanol–water partition coefficient (Wildman–Crippen LogP) is 2.67. The Kier molecular flexibility index (Phi) is 2.88. The van der Waals surface area contributed by atoms with Gasteiger partial charge >= 0.3 is 0 Å². The van der Waals surface area contributed by atoms with Gasteiger partial charge in [0.15, 0.2) is 6.20 Å². The van der Waals surface area contributed by atoms with Crippen molar-refractivity contribution >= 4 is 0 Å². The predicted molar refractivity (Wildman–Crippen MR) is 74.9 cm³/mol. The van der Waals surface area contributed by atoms with Gasteiger partial charge in [0.1, 0.15) is 12.7 Å². The minimum Gasteiger partial charge on any atom is -0.158 e. The molecule has 0 bridgehead atoms. The number of aromatic nitrogens is 3. The van der Waals surface area contributed by atoms with Crippen LogP contribution >= 0.6 is 0 Å². The van der Waals surface area contributed by atoms with E-state index in [0.29, 0.717) is 0 Å². The lowest BCUT2D eigenvalue weighted by atomic mass is 10.1. The first-order valence-corrected chi connectivity index (χ1v) is 6.32. The number of hydrogen-bond acceptors (Lipinski definition) is 1. The molecule has 0 atom stereocenters. The van der Waals surface area contributed by atoms with E-state index in [9.17, 15) is 0 Å². The summed E-state index contributed by atoms with van der Waals surface area (Å²) in [5, 5.41) is 4.66. The summed E-state index contributed by atoms with van der Waals surface area (Å²) in [4.78, 5) is 1.90. The monoisotopic (exact) mass is 250 g/mol. The maximum absolute atomic E-state index is 4.66. The fraction of sp³-hybridized carbons (Fsp3) is 0.125. The second kappa shape index (κ2) is 4.69. The molecule has 0 amide bonds. The lowest BCUT2D eigenvalue weighted by Crippen LogP contribution is -2.37. The highest BCUT2D eigenvalue weighted by Crippen LogP contribution is 2.16. The Morgan fingerprint density at radius 3 is 2.32 bits per heavy atom. The van der Waals surface area contributed by atoms with E-state index in [0.717, 1.165) is 16.9 Å². The Hall–Kier alpha value is -2.42. The topological polar surface area (TPSA) is 21.7 Å². The maximum atomic E-state index is 4.66. The second-order valence-electron chi connectivity index (χ2n) is 4.68. The molecule has 3 aromatic rings. The number of aryl methyl sites for hydroxylation is 2. The zero-order chi connectivity index (χ0) is 13.2. The summed E-state index contributed by atoms with van der Waals surface area (Å²) < 4.78 is 1.99. The van der Waals surface area contributed by atoms with Crippen LogP contribution in [0.4, 0.5) is 0 Å². The van der Waals surface area contributed by atoms with Crippen molar-refractivity contribution in [3.63, 3.8) is 0 Å². The van der Waals surface area contributed by atoms with E-state index in [1.165, 1.54) is 5.56 Å². The zero-order valence-corrected chi connectivity index (χ0v) is 11.1. The van der Waals surface area contributed by atoms with Crippen molar-refractivity contribution in [2.75, 3.05) is 0 Å². The van der Waals surface area contributed by atoms with E-state index in [4.69, 9.17) is 0 Å². The number of nitrogens with zero attached hydrogens (tertiary/aromatic N) is 3. The van der Waals surface area contributed by atoms with Gasteiger partial charge in [0, 0.05) is 5.56 Å². The fourth-order valence-electron chi connectivity index (χ4n) is 2.09. The minimum atomic E-state index is 0.978. The van der Waals surface area contributed by atoms with Crippen LogP contribution in [0.1, 0.15) is 5.56 Å². The largest absolute Gasteiger partial charge is 0.249 e. The van der Waals surface area contributed by atoms with Crippen molar-refractivity contribution in [1.82, 2.24) is 9.90 Å². The average molecular weight is 250 g/mol. The SMILES string of the molecule is Cc1ccc(-c2c[n+](C)n(-c3ccccc3)n2)cc1. The number of para-hydroxylation sites is 1. The second-order valence-corrected chi connectivity index (χ2v) is 4.68. The van der Waals surface area contributed by atoms with Crippen LogP contribution in [0.2, 0.25) is 0 Å². The summed E-state index contributed by atoms with van der Waals surface area (Å²) in [7, 11) is 2.00. The Balaban J connectivity index is 2.04. The lowest BCUT2D eigenvalue weighted by molar-refractivity contribution is -0.748. The van der Waals surface area contributed by atoms with Gasteiger partial charge in [0.05, 0.1) is 5.10 Å². The molecular formula is C16H16N3+. The molecule has 0 N–H and O–H groups in total. The molecule has 0 spiro atoms. The fourth-order valence-corrected chi connectivity index (χ4v) is 2.09. The highest BCUT2D eigenvalue weighted by atomic mass is 15.5. The van der Waals surface area contributed by atoms with Crippen molar-refractivity contribution in [3.8, 4) is 16.9 Å². The van der Waals surface area contributed by atoms with Crippen LogP contribution in [0, 0.1) is 6.92 Å². The molecule has 0 radical (unpaired) electrons. The molecular weight excluding hydrogens is 234 g/mol. The van der Waals surface area contributed by atoms with Gasteiger partial charge in [0.25, 0.3) is 0 Å². The number of rotatable bonds is 2. The Labute approximate surface area is 112 Å². The summed E-state index contributed by atoms with van der Waals surface area (Å²) in [6.45, 7) is 2.09. The van der Waals surface area contributed by atoms with Crippen LogP contribution in [0.15, 0.2) is 60.8 Å². The Bertz CT molecular complexity index is 682. The van der Waals surface area contributed by atoms with Gasteiger partial charge in [-0.15, -0.1) is 0 Å². The zero-order valence-electron chi connectivity index (χ0n) is 11.1. The van der Waals surface area contributed by atoms with Gasteiger partial charge in [-0.3, -0.25) is 0 Å². The molecule has 3 nitrogen and oxygen atoms in total. The van der Waals surface area contributed by atoms with Gasteiger partial charge in [0.2, 0.25) is 5.69 Å². The molecule has 0 unspecified atom stereocenters. The first kappa shape index (κ1) is 11.7. The van der Waals surface area contributed by atoms with E-state index in [2.05, 4.69) is 36.3 Å². The standard InChI is InChI=1S/C16H16N3/c1-13-8-10-14(11-9-13)16-12-18(2)19(17-16)15-6-4-3-5-7-15/h3-12H,1-2H3/q+1. The van der Waals surface area contributed by atoms with Crippen molar-refractivity contribution in [3.05, 3.63) is 66.4 Å². The molecule has 0 saturated carbocycles. The van der Waals surface area contributed by atoms with Crippen LogP contribution in [0.25, 0.3) is 16.9 Å². The molecule has 1 heterocycles. The third kappa shape index (κ3) is 2.27. The molecule has 0 aliphatic rings. The van der Waals surface area contributed by atoms with Crippen molar-refractivity contribution in [2.45, 2.75) is 6.92 Å². The molecule has 0 aliphatic carbocycles.